The van der Waals surface area contributed by atoms with Gasteiger partial charge in [-0.05, 0) is 37.8 Å². The van der Waals surface area contributed by atoms with Gasteiger partial charge in [0.15, 0.2) is 0 Å². The summed E-state index contributed by atoms with van der Waals surface area (Å²) in [6, 6.07) is 10.5. The average molecular weight is 501 g/mol. The Labute approximate surface area is 227 Å². The van der Waals surface area contributed by atoms with Crippen LogP contribution in [0.5, 0.6) is 5.75 Å². The molecule has 0 aromatic heterocycles. The Morgan fingerprint density at radius 2 is 0.722 bits per heavy atom. The van der Waals surface area contributed by atoms with E-state index in [1.165, 1.54) is 167 Å². The van der Waals surface area contributed by atoms with Crippen molar-refractivity contribution in [1.82, 2.24) is 0 Å². The number of rotatable bonds is 28. The summed E-state index contributed by atoms with van der Waals surface area (Å²) in [6.45, 7) is 4.60. The van der Waals surface area contributed by atoms with Gasteiger partial charge in [-0.1, -0.05) is 173 Å². The van der Waals surface area contributed by atoms with Crippen LogP contribution in [-0.4, -0.2) is 6.10 Å². The van der Waals surface area contributed by atoms with Gasteiger partial charge in [-0.25, -0.2) is 0 Å². The highest BCUT2D eigenvalue weighted by Crippen LogP contribution is 2.21. The van der Waals surface area contributed by atoms with Crippen molar-refractivity contribution >= 4 is 0 Å². The Kier molecular flexibility index (Phi) is 24.8. The first-order valence-corrected chi connectivity index (χ1v) is 16.6. The molecule has 1 unspecified atom stereocenters. The van der Waals surface area contributed by atoms with Crippen LogP contribution in [0.4, 0.5) is 0 Å². The molecule has 0 fully saturated rings. The maximum atomic E-state index is 6.41. The lowest BCUT2D eigenvalue weighted by Crippen LogP contribution is -2.16. The van der Waals surface area contributed by atoms with E-state index in [2.05, 4.69) is 44.2 Å². The normalized spacial score (nSPS) is 12.2. The monoisotopic (exact) mass is 500 g/mol. The molecule has 0 spiro atoms. The predicted molar refractivity (Wildman–Crippen MR) is 162 cm³/mol. The SMILES string of the molecule is CCCCCCCCCCCCCCCCC(CCCCCCCCCCCC)Oc1ccccc1. The van der Waals surface area contributed by atoms with E-state index in [0.29, 0.717) is 6.10 Å². The minimum Gasteiger partial charge on any atom is -0.490 e. The van der Waals surface area contributed by atoms with Gasteiger partial charge < -0.3 is 4.74 Å². The van der Waals surface area contributed by atoms with Crippen LogP contribution in [0.15, 0.2) is 30.3 Å². The third-order valence-corrected chi connectivity index (χ3v) is 7.81. The molecule has 1 atom stereocenters. The first-order valence-electron chi connectivity index (χ1n) is 16.6. The van der Waals surface area contributed by atoms with E-state index in [4.69, 9.17) is 4.74 Å². The molecular formula is C35H64O. The lowest BCUT2D eigenvalue weighted by molar-refractivity contribution is 0.172. The number of benzene rings is 1. The molecular weight excluding hydrogens is 436 g/mol. The second-order valence-electron chi connectivity index (χ2n) is 11.4. The maximum Gasteiger partial charge on any atom is 0.119 e. The van der Waals surface area contributed by atoms with Crippen LogP contribution in [-0.2, 0) is 0 Å². The molecule has 1 rings (SSSR count). The molecule has 0 aliphatic carbocycles. The highest BCUT2D eigenvalue weighted by molar-refractivity contribution is 5.21. The molecule has 36 heavy (non-hydrogen) atoms. The first kappa shape index (κ1) is 33.0. The van der Waals surface area contributed by atoms with Gasteiger partial charge in [-0.15, -0.1) is 0 Å². The Balaban J connectivity index is 2.05. The summed E-state index contributed by atoms with van der Waals surface area (Å²) in [5.74, 6) is 1.06. The van der Waals surface area contributed by atoms with Crippen molar-refractivity contribution in [3.63, 3.8) is 0 Å². The van der Waals surface area contributed by atoms with Crippen LogP contribution in [0.25, 0.3) is 0 Å². The van der Waals surface area contributed by atoms with Crippen LogP contribution in [0, 0.1) is 0 Å². The smallest absolute Gasteiger partial charge is 0.119 e. The van der Waals surface area contributed by atoms with Crippen molar-refractivity contribution in [2.75, 3.05) is 0 Å². The molecule has 0 aliphatic rings. The summed E-state index contributed by atoms with van der Waals surface area (Å²) in [5.41, 5.74) is 0. The molecule has 1 aromatic carbocycles. The summed E-state index contributed by atoms with van der Waals surface area (Å²) in [5, 5.41) is 0. The lowest BCUT2D eigenvalue weighted by Gasteiger charge is -2.19. The minimum atomic E-state index is 0.402. The van der Waals surface area contributed by atoms with Crippen molar-refractivity contribution in [2.24, 2.45) is 0 Å². The fourth-order valence-electron chi connectivity index (χ4n) is 5.38. The molecule has 0 amide bonds. The van der Waals surface area contributed by atoms with Gasteiger partial charge in [-0.3, -0.25) is 0 Å². The maximum absolute atomic E-state index is 6.41. The Bertz CT molecular complexity index is 525. The van der Waals surface area contributed by atoms with E-state index >= 15 is 0 Å². The molecule has 0 aliphatic heterocycles. The largest absolute Gasteiger partial charge is 0.490 e. The number of ether oxygens (including phenoxy) is 1. The quantitative estimate of drug-likeness (QED) is 0.104. The zero-order valence-electron chi connectivity index (χ0n) is 24.8. The summed E-state index contributed by atoms with van der Waals surface area (Å²) in [7, 11) is 0. The van der Waals surface area contributed by atoms with Crippen molar-refractivity contribution in [3.05, 3.63) is 30.3 Å². The van der Waals surface area contributed by atoms with Gasteiger partial charge in [0.2, 0.25) is 0 Å². The fraction of sp³-hybridized carbons (Fsp3) is 0.829. The second-order valence-corrected chi connectivity index (χ2v) is 11.4. The van der Waals surface area contributed by atoms with Gasteiger partial charge in [-0.2, -0.15) is 0 Å². The first-order chi connectivity index (χ1) is 17.9. The molecule has 0 radical (unpaired) electrons. The van der Waals surface area contributed by atoms with Crippen molar-refractivity contribution in [1.29, 1.82) is 0 Å². The van der Waals surface area contributed by atoms with E-state index < -0.39 is 0 Å². The topological polar surface area (TPSA) is 9.23 Å². The third kappa shape index (κ3) is 22.2. The number of hydrogen-bond donors (Lipinski definition) is 0. The summed E-state index contributed by atoms with van der Waals surface area (Å²) >= 11 is 0. The van der Waals surface area contributed by atoms with E-state index in [1.807, 2.05) is 0 Å². The van der Waals surface area contributed by atoms with Crippen molar-refractivity contribution in [2.45, 2.75) is 187 Å². The van der Waals surface area contributed by atoms with Gasteiger partial charge in [0.05, 0.1) is 6.10 Å². The Morgan fingerprint density at radius 1 is 0.417 bits per heavy atom. The molecule has 210 valence electrons. The summed E-state index contributed by atoms with van der Waals surface area (Å²) < 4.78 is 6.41. The fourth-order valence-corrected chi connectivity index (χ4v) is 5.38. The number of para-hydroxylation sites is 1. The van der Waals surface area contributed by atoms with Crippen LogP contribution in [0.3, 0.4) is 0 Å². The van der Waals surface area contributed by atoms with Crippen LogP contribution in [0.1, 0.15) is 181 Å². The van der Waals surface area contributed by atoms with Crippen LogP contribution >= 0.6 is 0 Å². The Morgan fingerprint density at radius 3 is 1.06 bits per heavy atom. The van der Waals surface area contributed by atoms with E-state index in [0.717, 1.165) is 5.75 Å². The van der Waals surface area contributed by atoms with Crippen LogP contribution < -0.4 is 4.74 Å². The number of unbranched alkanes of at least 4 members (excludes halogenated alkanes) is 22. The van der Waals surface area contributed by atoms with Crippen LogP contribution in [0.2, 0.25) is 0 Å². The van der Waals surface area contributed by atoms with E-state index in [-0.39, 0.29) is 0 Å². The van der Waals surface area contributed by atoms with Gasteiger partial charge in [0.1, 0.15) is 5.75 Å². The third-order valence-electron chi connectivity index (χ3n) is 7.81. The molecule has 1 aromatic rings. The van der Waals surface area contributed by atoms with Gasteiger partial charge in [0, 0.05) is 0 Å². The molecule has 0 heterocycles. The summed E-state index contributed by atoms with van der Waals surface area (Å²) in [4.78, 5) is 0. The number of hydrogen-bond acceptors (Lipinski definition) is 1. The second kappa shape index (κ2) is 27.1. The lowest BCUT2D eigenvalue weighted by atomic mass is 10.0. The molecule has 0 bridgehead atoms. The molecule has 0 N–H and O–H groups in total. The molecule has 1 nitrogen and oxygen atoms in total. The molecule has 1 heteroatoms. The zero-order chi connectivity index (χ0) is 25.8. The summed E-state index contributed by atoms with van der Waals surface area (Å²) in [6.07, 6.45) is 36.9. The zero-order valence-corrected chi connectivity index (χ0v) is 24.8. The predicted octanol–water partition coefficient (Wildman–Crippen LogP) is 12.6. The van der Waals surface area contributed by atoms with Gasteiger partial charge >= 0.3 is 0 Å². The Hall–Kier alpha value is -0.980. The van der Waals surface area contributed by atoms with Crippen molar-refractivity contribution in [3.8, 4) is 5.75 Å². The highest BCUT2D eigenvalue weighted by Gasteiger charge is 2.10. The minimum absolute atomic E-state index is 0.402. The van der Waals surface area contributed by atoms with E-state index in [1.54, 1.807) is 0 Å². The van der Waals surface area contributed by atoms with Gasteiger partial charge in [0.25, 0.3) is 0 Å². The van der Waals surface area contributed by atoms with E-state index in [9.17, 15) is 0 Å². The average Bonchev–Trinajstić information content (AvgIpc) is 2.90. The standard InChI is InChI=1S/C35H64O/c1-3-5-7-9-11-13-15-16-17-18-20-22-24-27-31-34(36-35-32-28-25-29-33-35)30-26-23-21-19-14-12-10-8-6-4-2/h25,28-29,32-34H,3-24,26-27,30-31H2,1-2H3. The molecule has 0 saturated carbocycles. The molecule has 0 saturated heterocycles. The van der Waals surface area contributed by atoms with Crippen molar-refractivity contribution < 1.29 is 4.74 Å². The highest BCUT2D eigenvalue weighted by atomic mass is 16.5.